The molecular formula is C11H17NO3. The molecule has 1 aliphatic heterocycles. The lowest BCUT2D eigenvalue weighted by atomic mass is 9.78. The van der Waals surface area contributed by atoms with Crippen molar-refractivity contribution >= 4 is 11.8 Å². The molecule has 4 heteroatoms. The maximum absolute atomic E-state index is 11.1. The lowest BCUT2D eigenvalue weighted by Gasteiger charge is -2.27. The summed E-state index contributed by atoms with van der Waals surface area (Å²) in [5.74, 6) is -1.14. The molecule has 2 rings (SSSR count). The van der Waals surface area contributed by atoms with Crippen LogP contribution in [-0.4, -0.2) is 29.4 Å². The number of carbonyl (C=O) groups is 2. The maximum atomic E-state index is 11.1. The first-order valence-electron chi connectivity index (χ1n) is 5.68. The highest BCUT2D eigenvalue weighted by molar-refractivity contribution is 6.32. The van der Waals surface area contributed by atoms with Crippen molar-refractivity contribution in [3.05, 3.63) is 0 Å². The van der Waals surface area contributed by atoms with Crippen LogP contribution in [0.4, 0.5) is 0 Å². The van der Waals surface area contributed by atoms with E-state index in [1.54, 1.807) is 0 Å². The molecule has 4 nitrogen and oxygen atoms in total. The average molecular weight is 211 g/mol. The van der Waals surface area contributed by atoms with Crippen LogP contribution in [-0.2, 0) is 9.59 Å². The molecular weight excluding hydrogens is 194 g/mol. The molecule has 3 unspecified atom stereocenters. The quantitative estimate of drug-likeness (QED) is 0.678. The third-order valence-electron chi connectivity index (χ3n) is 3.75. The predicted octanol–water partition coefficient (Wildman–Crippen LogP) is 0.808. The number of Topliss-reactive ketones (excluding diaryl/α,β-unsaturated/α-hetero) is 1. The van der Waals surface area contributed by atoms with Gasteiger partial charge in [0.1, 0.15) is 0 Å². The molecule has 0 spiro atoms. The Balaban J connectivity index is 1.93. The fourth-order valence-electron chi connectivity index (χ4n) is 2.98. The van der Waals surface area contributed by atoms with Gasteiger partial charge < -0.3 is 10.4 Å². The van der Waals surface area contributed by atoms with Crippen LogP contribution in [0.5, 0.6) is 0 Å². The summed E-state index contributed by atoms with van der Waals surface area (Å²) < 4.78 is 0. The highest BCUT2D eigenvalue weighted by Gasteiger charge is 2.38. The number of hydrogen-bond donors (Lipinski definition) is 2. The van der Waals surface area contributed by atoms with Gasteiger partial charge in [-0.1, -0.05) is 12.8 Å². The molecule has 1 heterocycles. The molecule has 2 aliphatic rings. The summed E-state index contributed by atoms with van der Waals surface area (Å²) in [6.07, 6.45) is 5.02. The van der Waals surface area contributed by atoms with E-state index in [4.69, 9.17) is 5.11 Å². The van der Waals surface area contributed by atoms with Crippen LogP contribution in [0.1, 0.15) is 32.1 Å². The molecule has 0 aromatic heterocycles. The third-order valence-corrected chi connectivity index (χ3v) is 3.75. The number of hydrogen-bond acceptors (Lipinski definition) is 3. The molecule has 3 atom stereocenters. The molecule has 0 amide bonds. The molecule has 2 fully saturated rings. The van der Waals surface area contributed by atoms with Gasteiger partial charge in [-0.25, -0.2) is 4.79 Å². The first kappa shape index (κ1) is 10.6. The first-order valence-corrected chi connectivity index (χ1v) is 5.68. The van der Waals surface area contributed by atoms with E-state index in [2.05, 4.69) is 5.32 Å². The molecule has 2 N–H and O–H groups in total. The number of carboxylic acid groups (broad SMARTS) is 1. The zero-order chi connectivity index (χ0) is 10.8. The molecule has 0 bridgehead atoms. The topological polar surface area (TPSA) is 66.4 Å². The van der Waals surface area contributed by atoms with E-state index in [1.807, 2.05) is 0 Å². The summed E-state index contributed by atoms with van der Waals surface area (Å²) in [6, 6.07) is 0.533. The van der Waals surface area contributed by atoms with E-state index in [-0.39, 0.29) is 12.3 Å². The van der Waals surface area contributed by atoms with E-state index in [0.29, 0.717) is 12.0 Å². The minimum Gasteiger partial charge on any atom is -0.476 e. The Morgan fingerprint density at radius 3 is 2.73 bits per heavy atom. The second kappa shape index (κ2) is 4.31. The monoisotopic (exact) mass is 211 g/mol. The Labute approximate surface area is 89.0 Å². The van der Waals surface area contributed by atoms with E-state index in [9.17, 15) is 9.59 Å². The van der Waals surface area contributed by atoms with Gasteiger partial charge in [0.2, 0.25) is 5.78 Å². The summed E-state index contributed by atoms with van der Waals surface area (Å²) in [6.45, 7) is 0.814. The van der Waals surface area contributed by atoms with Crippen LogP contribution < -0.4 is 5.32 Å². The van der Waals surface area contributed by atoms with Gasteiger partial charge in [-0.15, -0.1) is 0 Å². The van der Waals surface area contributed by atoms with Gasteiger partial charge in [-0.2, -0.15) is 0 Å². The van der Waals surface area contributed by atoms with Gasteiger partial charge in [-0.3, -0.25) is 4.79 Å². The van der Waals surface area contributed by atoms with Gasteiger partial charge in [0, 0.05) is 12.5 Å². The van der Waals surface area contributed by atoms with Crippen LogP contribution in [0, 0.1) is 11.8 Å². The lowest BCUT2D eigenvalue weighted by Crippen LogP contribution is -2.30. The van der Waals surface area contributed by atoms with Crippen molar-refractivity contribution in [2.24, 2.45) is 11.8 Å². The van der Waals surface area contributed by atoms with Crippen molar-refractivity contribution in [3.8, 4) is 0 Å². The van der Waals surface area contributed by atoms with E-state index >= 15 is 0 Å². The molecule has 0 aromatic carbocycles. The second-order valence-electron chi connectivity index (χ2n) is 4.66. The zero-order valence-electron chi connectivity index (χ0n) is 8.74. The van der Waals surface area contributed by atoms with E-state index < -0.39 is 11.8 Å². The number of nitrogens with one attached hydrogen (secondary N) is 1. The Morgan fingerprint density at radius 1 is 1.27 bits per heavy atom. The van der Waals surface area contributed by atoms with E-state index in [0.717, 1.165) is 13.0 Å². The summed E-state index contributed by atoms with van der Waals surface area (Å²) >= 11 is 0. The summed E-state index contributed by atoms with van der Waals surface area (Å²) in [5, 5.41) is 12.0. The largest absolute Gasteiger partial charge is 0.476 e. The van der Waals surface area contributed by atoms with Gasteiger partial charge in [0.25, 0.3) is 0 Å². The molecule has 1 aliphatic carbocycles. The highest BCUT2D eigenvalue weighted by Crippen LogP contribution is 2.36. The third kappa shape index (κ3) is 2.20. The summed E-state index contributed by atoms with van der Waals surface area (Å²) in [5.41, 5.74) is 0. The molecule has 0 aromatic rings. The first-order chi connectivity index (χ1) is 7.18. The maximum Gasteiger partial charge on any atom is 0.372 e. The van der Waals surface area contributed by atoms with Crippen molar-refractivity contribution < 1.29 is 14.7 Å². The Kier molecular flexibility index (Phi) is 3.05. The van der Waals surface area contributed by atoms with Crippen LogP contribution in [0.2, 0.25) is 0 Å². The van der Waals surface area contributed by atoms with Crippen molar-refractivity contribution in [1.82, 2.24) is 5.32 Å². The Morgan fingerprint density at radius 2 is 2.00 bits per heavy atom. The molecule has 84 valence electrons. The number of aliphatic carboxylic acids is 1. The number of ketones is 1. The van der Waals surface area contributed by atoms with Gasteiger partial charge in [0.15, 0.2) is 0 Å². The fourth-order valence-corrected chi connectivity index (χ4v) is 2.98. The van der Waals surface area contributed by atoms with Crippen LogP contribution in [0.15, 0.2) is 0 Å². The molecule has 1 saturated carbocycles. The minimum atomic E-state index is -1.28. The number of fused-ring (bicyclic) bond motifs is 1. The molecule has 1 saturated heterocycles. The van der Waals surface area contributed by atoms with Crippen molar-refractivity contribution in [1.29, 1.82) is 0 Å². The zero-order valence-corrected chi connectivity index (χ0v) is 8.74. The summed E-state index contributed by atoms with van der Waals surface area (Å²) in [4.78, 5) is 21.6. The SMILES string of the molecule is O=C(O)C(=O)CC1CNC2CCCCC12. The van der Waals surface area contributed by atoms with Crippen molar-refractivity contribution in [2.45, 2.75) is 38.1 Å². The van der Waals surface area contributed by atoms with Gasteiger partial charge >= 0.3 is 5.97 Å². The standard InChI is InChI=1S/C11H17NO3/c13-10(11(14)15)5-7-6-12-9-4-2-1-3-8(7)9/h7-9,12H,1-6H2,(H,14,15). The number of carboxylic acids is 1. The van der Waals surface area contributed by atoms with Gasteiger partial charge in [0.05, 0.1) is 0 Å². The Hall–Kier alpha value is -0.900. The summed E-state index contributed by atoms with van der Waals surface area (Å²) in [7, 11) is 0. The van der Waals surface area contributed by atoms with Crippen molar-refractivity contribution in [2.75, 3.05) is 6.54 Å². The number of carbonyl (C=O) groups excluding carboxylic acids is 1. The average Bonchev–Trinajstić information content (AvgIpc) is 2.62. The highest BCUT2D eigenvalue weighted by atomic mass is 16.4. The fraction of sp³-hybridized carbons (Fsp3) is 0.818. The van der Waals surface area contributed by atoms with Crippen molar-refractivity contribution in [3.63, 3.8) is 0 Å². The van der Waals surface area contributed by atoms with E-state index in [1.165, 1.54) is 19.3 Å². The number of rotatable bonds is 3. The van der Waals surface area contributed by atoms with Crippen LogP contribution in [0.3, 0.4) is 0 Å². The smallest absolute Gasteiger partial charge is 0.372 e. The molecule has 15 heavy (non-hydrogen) atoms. The second-order valence-corrected chi connectivity index (χ2v) is 4.66. The predicted molar refractivity (Wildman–Crippen MR) is 54.5 cm³/mol. The van der Waals surface area contributed by atoms with Crippen LogP contribution in [0.25, 0.3) is 0 Å². The Bertz CT molecular complexity index is 277. The normalized spacial score (nSPS) is 34.8. The molecule has 0 radical (unpaired) electrons. The lowest BCUT2D eigenvalue weighted by molar-refractivity contribution is -0.149. The van der Waals surface area contributed by atoms with Gasteiger partial charge in [-0.05, 0) is 31.2 Å². The van der Waals surface area contributed by atoms with Crippen LogP contribution >= 0.6 is 0 Å². The minimum absolute atomic E-state index is 0.212.